The molecule has 0 aromatic rings. The molecule has 0 aromatic heterocycles. The third-order valence-corrected chi connectivity index (χ3v) is 10.7. The van der Waals surface area contributed by atoms with Crippen molar-refractivity contribution in [2.75, 3.05) is 13.2 Å². The summed E-state index contributed by atoms with van der Waals surface area (Å²) in [6.45, 7) is 10.2. The first-order valence-electron chi connectivity index (χ1n) is 22.2. The van der Waals surface area contributed by atoms with E-state index in [1.165, 1.54) is 154 Å². The molecule has 0 aromatic carbocycles. The van der Waals surface area contributed by atoms with Gasteiger partial charge >= 0.3 is 12.2 Å². The van der Waals surface area contributed by atoms with Gasteiger partial charge in [0.05, 0.1) is 25.3 Å². The molecule has 2 N–H and O–H groups in total. The van der Waals surface area contributed by atoms with Gasteiger partial charge in [-0.3, -0.25) is 0 Å². The number of hydrogen-bond donors (Lipinski definition) is 2. The van der Waals surface area contributed by atoms with Crippen LogP contribution in [-0.4, -0.2) is 37.5 Å². The number of carbonyl (C=O) groups excluding carboxylic acids is 2. The minimum atomic E-state index is -0.357. The predicted octanol–water partition coefficient (Wildman–Crippen LogP) is 14.0. The largest absolute Gasteiger partial charge is 0.450 e. The Hall–Kier alpha value is -1.46. The third kappa shape index (κ3) is 31.3. The number of carbonyl (C=O) groups is 2. The molecule has 6 heteroatoms. The number of unbranched alkanes of at least 4 members (excludes halogenated alkanes) is 24. The minimum Gasteiger partial charge on any atom is -0.450 e. The Kier molecular flexibility index (Phi) is 32.2. The van der Waals surface area contributed by atoms with Gasteiger partial charge in [-0.1, -0.05) is 207 Å². The Morgan fingerprint density at radius 2 is 0.660 bits per heavy atom. The molecule has 0 radical (unpaired) electrons. The Bertz CT molecular complexity index is 696. The summed E-state index contributed by atoms with van der Waals surface area (Å²) in [4.78, 5) is 24.9. The van der Waals surface area contributed by atoms with Gasteiger partial charge in [0.1, 0.15) is 0 Å². The summed E-state index contributed by atoms with van der Waals surface area (Å²) >= 11 is 0. The van der Waals surface area contributed by atoms with Crippen LogP contribution in [0.2, 0.25) is 0 Å². The fourth-order valence-corrected chi connectivity index (χ4v) is 7.39. The molecule has 1 fully saturated rings. The summed E-state index contributed by atoms with van der Waals surface area (Å²) in [5.41, 5.74) is 0. The first-order chi connectivity index (χ1) is 24.4. The van der Waals surface area contributed by atoms with Crippen LogP contribution >= 0.6 is 0 Å². The maximum Gasteiger partial charge on any atom is 0.407 e. The molecule has 0 unspecified atom stereocenters. The summed E-state index contributed by atoms with van der Waals surface area (Å²) < 4.78 is 11.0. The van der Waals surface area contributed by atoms with Gasteiger partial charge in [-0.15, -0.1) is 0 Å². The Morgan fingerprint density at radius 1 is 0.420 bits per heavy atom. The lowest BCUT2D eigenvalue weighted by Gasteiger charge is -2.32. The van der Waals surface area contributed by atoms with Crippen molar-refractivity contribution in [1.82, 2.24) is 10.6 Å². The maximum atomic E-state index is 12.5. The lowest BCUT2D eigenvalue weighted by atomic mass is 9.90. The quantitative estimate of drug-likeness (QED) is 0.0653. The first-order valence-corrected chi connectivity index (χ1v) is 22.2. The topological polar surface area (TPSA) is 76.7 Å². The molecule has 2 atom stereocenters. The van der Waals surface area contributed by atoms with Gasteiger partial charge in [0, 0.05) is 0 Å². The van der Waals surface area contributed by atoms with Crippen molar-refractivity contribution in [3.63, 3.8) is 0 Å². The van der Waals surface area contributed by atoms with Crippen molar-refractivity contribution in [3.8, 4) is 0 Å². The van der Waals surface area contributed by atoms with E-state index in [-0.39, 0.29) is 24.3 Å². The van der Waals surface area contributed by atoms with Crippen LogP contribution in [-0.2, 0) is 9.47 Å². The van der Waals surface area contributed by atoms with Crippen LogP contribution in [0.5, 0.6) is 0 Å². The maximum absolute atomic E-state index is 12.5. The van der Waals surface area contributed by atoms with Crippen LogP contribution in [0.1, 0.15) is 233 Å². The van der Waals surface area contributed by atoms with E-state index in [0.29, 0.717) is 13.2 Å². The molecule has 1 aliphatic carbocycles. The van der Waals surface area contributed by atoms with Crippen LogP contribution in [0.3, 0.4) is 0 Å². The van der Waals surface area contributed by atoms with Gasteiger partial charge in [0.15, 0.2) is 0 Å². The molecule has 0 saturated heterocycles. The monoisotopic (exact) mass is 707 g/mol. The molecule has 0 heterocycles. The number of ether oxygens (including phenoxy) is 2. The second kappa shape index (κ2) is 34.6. The molecule has 0 spiro atoms. The van der Waals surface area contributed by atoms with Crippen molar-refractivity contribution < 1.29 is 19.1 Å². The standard InChI is InChI=1S/C44H86N2O4/c1-39(2)33-27-23-19-15-11-7-5-9-13-17-21-25-31-37-49-43(47)45-41-35-29-30-36-42(41)46-44(48)50-38-32-26-22-18-14-10-6-8-12-16-20-24-28-34-40(3)4/h39-42H,5-38H2,1-4H3,(H,45,47)(H,46,48)/t41-,42-/m1/s1. The lowest BCUT2D eigenvalue weighted by Crippen LogP contribution is -2.53. The van der Waals surface area contributed by atoms with Gasteiger partial charge in [-0.2, -0.15) is 0 Å². The summed E-state index contributed by atoms with van der Waals surface area (Å²) in [5, 5.41) is 6.04. The molecule has 1 aliphatic rings. The zero-order chi connectivity index (χ0) is 36.3. The number of alkyl carbamates (subject to hydrolysis) is 2. The van der Waals surface area contributed by atoms with Crippen LogP contribution in [0.15, 0.2) is 0 Å². The van der Waals surface area contributed by atoms with Gasteiger partial charge < -0.3 is 20.1 Å². The fourth-order valence-electron chi connectivity index (χ4n) is 7.39. The van der Waals surface area contributed by atoms with E-state index in [1.807, 2.05) is 0 Å². The third-order valence-electron chi connectivity index (χ3n) is 10.7. The van der Waals surface area contributed by atoms with Crippen LogP contribution in [0, 0.1) is 11.8 Å². The predicted molar refractivity (Wildman–Crippen MR) is 214 cm³/mol. The van der Waals surface area contributed by atoms with E-state index in [2.05, 4.69) is 38.3 Å². The number of amides is 2. The van der Waals surface area contributed by atoms with Crippen molar-refractivity contribution in [2.24, 2.45) is 11.8 Å². The minimum absolute atomic E-state index is 0.0941. The van der Waals surface area contributed by atoms with Crippen molar-refractivity contribution in [1.29, 1.82) is 0 Å². The summed E-state index contributed by atoms with van der Waals surface area (Å²) in [7, 11) is 0. The van der Waals surface area contributed by atoms with Crippen molar-refractivity contribution in [2.45, 2.75) is 245 Å². The Labute approximate surface area is 311 Å². The van der Waals surface area contributed by atoms with Crippen LogP contribution in [0.4, 0.5) is 9.59 Å². The second-order valence-corrected chi connectivity index (χ2v) is 16.6. The number of nitrogens with one attached hydrogen (secondary N) is 2. The van der Waals surface area contributed by atoms with Crippen molar-refractivity contribution in [3.05, 3.63) is 0 Å². The van der Waals surface area contributed by atoms with E-state index in [9.17, 15) is 9.59 Å². The van der Waals surface area contributed by atoms with E-state index in [1.54, 1.807) is 0 Å². The number of hydrogen-bond acceptors (Lipinski definition) is 4. The van der Waals surface area contributed by atoms with Crippen LogP contribution in [0.25, 0.3) is 0 Å². The molecule has 296 valence electrons. The smallest absolute Gasteiger partial charge is 0.407 e. The number of rotatable bonds is 34. The molecule has 0 bridgehead atoms. The van der Waals surface area contributed by atoms with E-state index in [0.717, 1.165) is 63.2 Å². The highest BCUT2D eigenvalue weighted by molar-refractivity contribution is 5.69. The highest BCUT2D eigenvalue weighted by Gasteiger charge is 2.28. The van der Waals surface area contributed by atoms with Crippen molar-refractivity contribution >= 4 is 12.2 Å². The van der Waals surface area contributed by atoms with Gasteiger partial charge in [0.2, 0.25) is 0 Å². The molecule has 50 heavy (non-hydrogen) atoms. The highest BCUT2D eigenvalue weighted by Crippen LogP contribution is 2.20. The molecule has 6 nitrogen and oxygen atoms in total. The zero-order valence-electron chi connectivity index (χ0n) is 34.0. The SMILES string of the molecule is CC(C)CCCCCCCCCCCCCCCOC(=O)N[C@@H]1CCCC[C@H]1NC(=O)OCCCCCCCCCCCCCCCC(C)C. The van der Waals surface area contributed by atoms with E-state index in [4.69, 9.17) is 9.47 Å². The summed E-state index contributed by atoms with van der Waals surface area (Å²) in [6, 6.07) is -0.188. The molecular formula is C44H86N2O4. The molecule has 0 aliphatic heterocycles. The average Bonchev–Trinajstić information content (AvgIpc) is 3.08. The molecule has 1 rings (SSSR count). The van der Waals surface area contributed by atoms with Gasteiger partial charge in [0.25, 0.3) is 0 Å². The summed E-state index contributed by atoms with van der Waals surface area (Å²) in [5.74, 6) is 1.71. The molecule has 2 amide bonds. The van der Waals surface area contributed by atoms with Crippen LogP contribution < -0.4 is 10.6 Å². The molecular weight excluding hydrogens is 620 g/mol. The average molecular weight is 707 g/mol. The summed E-state index contributed by atoms with van der Waals surface area (Å²) in [6.07, 6.45) is 40.0. The molecule has 1 saturated carbocycles. The van der Waals surface area contributed by atoms with E-state index >= 15 is 0 Å². The first kappa shape index (κ1) is 46.6. The normalized spacial score (nSPS) is 16.2. The van der Waals surface area contributed by atoms with Gasteiger partial charge in [-0.05, 0) is 37.5 Å². The van der Waals surface area contributed by atoms with Gasteiger partial charge in [-0.25, -0.2) is 9.59 Å². The highest BCUT2D eigenvalue weighted by atomic mass is 16.6. The lowest BCUT2D eigenvalue weighted by molar-refractivity contribution is 0.122. The zero-order valence-corrected chi connectivity index (χ0v) is 34.0. The second-order valence-electron chi connectivity index (χ2n) is 16.6. The fraction of sp³-hybridized carbons (Fsp3) is 0.955. The Morgan fingerprint density at radius 3 is 0.920 bits per heavy atom. The Balaban J connectivity index is 1.93. The van der Waals surface area contributed by atoms with E-state index < -0.39 is 0 Å².